The molecule has 1 unspecified atom stereocenters. The number of rotatable bonds is 2. The molecule has 27 heavy (non-hydrogen) atoms. The van der Waals surface area contributed by atoms with E-state index in [0.717, 1.165) is 29.8 Å². The second kappa shape index (κ2) is 7.41. The maximum absolute atomic E-state index is 13.2. The van der Waals surface area contributed by atoms with Crippen LogP contribution in [0.1, 0.15) is 35.8 Å². The van der Waals surface area contributed by atoms with Gasteiger partial charge in [-0.2, -0.15) is 0 Å². The zero-order valence-corrected chi connectivity index (χ0v) is 16.0. The Morgan fingerprint density at radius 2 is 1.89 bits per heavy atom. The summed E-state index contributed by atoms with van der Waals surface area (Å²) in [7, 11) is 0. The monoisotopic (exact) mass is 366 g/mol. The predicted octanol–water partition coefficient (Wildman–Crippen LogP) is 3.47. The summed E-state index contributed by atoms with van der Waals surface area (Å²) in [6.45, 7) is 6.58. The van der Waals surface area contributed by atoms with Crippen molar-refractivity contribution < 1.29 is 14.3 Å². The molecule has 0 N–H and O–H groups in total. The van der Waals surface area contributed by atoms with Gasteiger partial charge in [0.2, 0.25) is 0 Å². The van der Waals surface area contributed by atoms with Crippen LogP contribution in [0.2, 0.25) is 0 Å². The zero-order chi connectivity index (χ0) is 18.9. The zero-order valence-electron chi connectivity index (χ0n) is 16.0. The minimum absolute atomic E-state index is 0.0256. The molecule has 2 saturated heterocycles. The summed E-state index contributed by atoms with van der Waals surface area (Å²) < 4.78 is 11.7. The summed E-state index contributed by atoms with van der Waals surface area (Å²) >= 11 is 0. The third kappa shape index (κ3) is 3.75. The number of hydrogen-bond donors (Lipinski definition) is 0. The van der Waals surface area contributed by atoms with E-state index in [-0.39, 0.29) is 17.6 Å². The molecule has 4 rings (SSSR count). The topological polar surface area (TPSA) is 51.7 Å². The van der Waals surface area contributed by atoms with E-state index in [4.69, 9.17) is 9.47 Å². The Balaban J connectivity index is 1.57. The third-order valence-electron chi connectivity index (χ3n) is 5.48. The SMILES string of the molecule is Cc1nc(-c2ccccc2)ccc1C(=O)N1CC(C)OC2(CCOCC2)C1. The van der Waals surface area contributed by atoms with E-state index >= 15 is 0 Å². The van der Waals surface area contributed by atoms with Crippen molar-refractivity contribution in [3.63, 3.8) is 0 Å². The number of carbonyl (C=O) groups is 1. The van der Waals surface area contributed by atoms with Gasteiger partial charge >= 0.3 is 0 Å². The van der Waals surface area contributed by atoms with Crippen LogP contribution in [0, 0.1) is 6.92 Å². The Morgan fingerprint density at radius 3 is 2.59 bits per heavy atom. The van der Waals surface area contributed by atoms with Crippen LogP contribution in [0.5, 0.6) is 0 Å². The fourth-order valence-corrected chi connectivity index (χ4v) is 4.13. The highest BCUT2D eigenvalue weighted by Gasteiger charge is 2.42. The molecule has 0 bridgehead atoms. The van der Waals surface area contributed by atoms with Gasteiger partial charge in [-0.1, -0.05) is 30.3 Å². The molecule has 142 valence electrons. The lowest BCUT2D eigenvalue weighted by atomic mass is 9.91. The van der Waals surface area contributed by atoms with Crippen LogP contribution in [0.25, 0.3) is 11.3 Å². The first kappa shape index (κ1) is 18.1. The third-order valence-corrected chi connectivity index (χ3v) is 5.48. The van der Waals surface area contributed by atoms with Crippen LogP contribution in [0.3, 0.4) is 0 Å². The molecule has 1 atom stereocenters. The number of nitrogens with zero attached hydrogens (tertiary/aromatic N) is 2. The Morgan fingerprint density at radius 1 is 1.15 bits per heavy atom. The molecule has 5 heteroatoms. The van der Waals surface area contributed by atoms with E-state index in [2.05, 4.69) is 4.98 Å². The highest BCUT2D eigenvalue weighted by molar-refractivity contribution is 5.95. The highest BCUT2D eigenvalue weighted by Crippen LogP contribution is 2.32. The van der Waals surface area contributed by atoms with Crippen molar-refractivity contribution in [1.29, 1.82) is 0 Å². The Kier molecular flexibility index (Phi) is 4.98. The molecule has 5 nitrogen and oxygen atoms in total. The van der Waals surface area contributed by atoms with Gasteiger partial charge < -0.3 is 14.4 Å². The van der Waals surface area contributed by atoms with Crippen molar-refractivity contribution >= 4 is 5.91 Å². The molecule has 3 heterocycles. The summed E-state index contributed by atoms with van der Waals surface area (Å²) in [5, 5.41) is 0. The first-order valence-electron chi connectivity index (χ1n) is 9.64. The van der Waals surface area contributed by atoms with Crippen molar-refractivity contribution in [3.8, 4) is 11.3 Å². The van der Waals surface area contributed by atoms with Crippen molar-refractivity contribution in [3.05, 3.63) is 53.7 Å². The second-order valence-electron chi connectivity index (χ2n) is 7.61. The lowest BCUT2D eigenvalue weighted by Crippen LogP contribution is -2.58. The van der Waals surface area contributed by atoms with E-state index in [9.17, 15) is 4.79 Å². The fourth-order valence-electron chi connectivity index (χ4n) is 4.13. The van der Waals surface area contributed by atoms with E-state index < -0.39 is 0 Å². The highest BCUT2D eigenvalue weighted by atomic mass is 16.5. The van der Waals surface area contributed by atoms with Gasteiger partial charge in [-0.25, -0.2) is 0 Å². The molecular formula is C22H26N2O3. The van der Waals surface area contributed by atoms with Gasteiger partial charge in [0.05, 0.1) is 35.2 Å². The maximum atomic E-state index is 13.2. The van der Waals surface area contributed by atoms with Crippen LogP contribution < -0.4 is 0 Å². The van der Waals surface area contributed by atoms with Gasteiger partial charge in [0.15, 0.2) is 0 Å². The van der Waals surface area contributed by atoms with E-state index in [1.807, 2.05) is 61.2 Å². The number of hydrogen-bond acceptors (Lipinski definition) is 4. The van der Waals surface area contributed by atoms with Gasteiger partial charge in [0.1, 0.15) is 0 Å². The molecule has 0 radical (unpaired) electrons. The normalized spacial score (nSPS) is 22.0. The van der Waals surface area contributed by atoms with Crippen molar-refractivity contribution in [2.45, 2.75) is 38.4 Å². The average molecular weight is 366 g/mol. The van der Waals surface area contributed by atoms with Crippen LogP contribution in [0.4, 0.5) is 0 Å². The van der Waals surface area contributed by atoms with Crippen LogP contribution in [-0.2, 0) is 9.47 Å². The lowest BCUT2D eigenvalue weighted by molar-refractivity contribution is -0.176. The van der Waals surface area contributed by atoms with Crippen LogP contribution >= 0.6 is 0 Å². The summed E-state index contributed by atoms with van der Waals surface area (Å²) in [6.07, 6.45) is 1.70. The Bertz CT molecular complexity index is 816. The number of morpholine rings is 1. The smallest absolute Gasteiger partial charge is 0.255 e. The van der Waals surface area contributed by atoms with Gasteiger partial charge in [-0.15, -0.1) is 0 Å². The first-order chi connectivity index (χ1) is 13.1. The van der Waals surface area contributed by atoms with Gasteiger partial charge in [-0.05, 0) is 26.0 Å². The number of benzene rings is 1. The van der Waals surface area contributed by atoms with Crippen LogP contribution in [0.15, 0.2) is 42.5 Å². The number of ether oxygens (including phenoxy) is 2. The molecule has 1 aromatic heterocycles. The Hall–Kier alpha value is -2.24. The number of aromatic nitrogens is 1. The number of carbonyl (C=O) groups excluding carboxylic acids is 1. The van der Waals surface area contributed by atoms with Crippen LogP contribution in [-0.4, -0.2) is 53.8 Å². The quantitative estimate of drug-likeness (QED) is 0.817. The Labute approximate surface area is 160 Å². The van der Waals surface area contributed by atoms with E-state index in [1.54, 1.807) is 0 Å². The van der Waals surface area contributed by atoms with E-state index in [0.29, 0.717) is 31.9 Å². The molecular weight excluding hydrogens is 340 g/mol. The summed E-state index contributed by atoms with van der Waals surface area (Å²) in [5.41, 5.74) is 3.12. The number of pyridine rings is 1. The minimum Gasteiger partial charge on any atom is -0.381 e. The fraction of sp³-hybridized carbons (Fsp3) is 0.455. The average Bonchev–Trinajstić information content (AvgIpc) is 2.68. The van der Waals surface area contributed by atoms with Gasteiger partial charge in [0.25, 0.3) is 5.91 Å². The van der Waals surface area contributed by atoms with Crippen molar-refractivity contribution in [2.75, 3.05) is 26.3 Å². The van der Waals surface area contributed by atoms with Gasteiger partial charge in [0, 0.05) is 38.2 Å². The van der Waals surface area contributed by atoms with Gasteiger partial charge in [-0.3, -0.25) is 9.78 Å². The molecule has 1 amide bonds. The maximum Gasteiger partial charge on any atom is 0.255 e. The van der Waals surface area contributed by atoms with Crippen molar-refractivity contribution in [2.24, 2.45) is 0 Å². The van der Waals surface area contributed by atoms with Crippen molar-refractivity contribution in [1.82, 2.24) is 9.88 Å². The largest absolute Gasteiger partial charge is 0.381 e. The molecule has 2 aliphatic heterocycles. The molecule has 2 aromatic rings. The summed E-state index contributed by atoms with van der Waals surface area (Å²) in [4.78, 5) is 19.9. The first-order valence-corrected chi connectivity index (χ1v) is 9.64. The molecule has 1 spiro atoms. The van der Waals surface area contributed by atoms with E-state index in [1.165, 1.54) is 0 Å². The lowest BCUT2D eigenvalue weighted by Gasteiger charge is -2.47. The summed E-state index contributed by atoms with van der Waals surface area (Å²) in [6, 6.07) is 13.9. The molecule has 1 aromatic carbocycles. The number of aryl methyl sites for hydroxylation is 1. The molecule has 2 aliphatic rings. The second-order valence-corrected chi connectivity index (χ2v) is 7.61. The standard InChI is InChI=1S/C22H26N2O3/c1-16-14-24(15-22(27-16)10-12-26-13-11-22)21(25)19-8-9-20(23-17(19)2)18-6-4-3-5-7-18/h3-9,16H,10-15H2,1-2H3. The minimum atomic E-state index is -0.267. The summed E-state index contributed by atoms with van der Waals surface area (Å²) in [5.74, 6) is 0.0422. The predicted molar refractivity (Wildman–Crippen MR) is 104 cm³/mol. The number of amides is 1. The molecule has 2 fully saturated rings. The molecule has 0 saturated carbocycles. The molecule has 0 aliphatic carbocycles.